The van der Waals surface area contributed by atoms with Crippen molar-refractivity contribution in [3.63, 3.8) is 0 Å². The molecule has 2 N–H and O–H groups in total. The van der Waals surface area contributed by atoms with Crippen molar-refractivity contribution in [1.82, 2.24) is 4.90 Å². The molecular formula is C13H28N2O2. The van der Waals surface area contributed by atoms with Crippen LogP contribution in [-0.2, 0) is 9.53 Å². The minimum atomic E-state index is -0.842. The Hall–Kier alpha value is -0.610. The smallest absolute Gasteiger partial charge is 0.325 e. The number of ether oxygens (including phenoxy) is 1. The molecule has 102 valence electrons. The van der Waals surface area contributed by atoms with Gasteiger partial charge in [0.25, 0.3) is 0 Å². The van der Waals surface area contributed by atoms with Gasteiger partial charge in [-0.3, -0.25) is 4.79 Å². The van der Waals surface area contributed by atoms with Crippen molar-refractivity contribution in [3.8, 4) is 0 Å². The minimum Gasteiger partial charge on any atom is -0.468 e. The first kappa shape index (κ1) is 16.4. The first-order chi connectivity index (χ1) is 7.79. The molecule has 0 aliphatic heterocycles. The Balaban J connectivity index is 3.74. The quantitative estimate of drug-likeness (QED) is 0.521. The third-order valence-corrected chi connectivity index (χ3v) is 2.81. The summed E-state index contributed by atoms with van der Waals surface area (Å²) >= 11 is 0. The first-order valence-corrected chi connectivity index (χ1v) is 6.35. The van der Waals surface area contributed by atoms with Gasteiger partial charge in [0.1, 0.15) is 5.54 Å². The van der Waals surface area contributed by atoms with E-state index in [0.29, 0.717) is 12.3 Å². The van der Waals surface area contributed by atoms with E-state index in [1.54, 1.807) is 6.92 Å². The van der Waals surface area contributed by atoms with E-state index in [0.717, 1.165) is 25.9 Å². The third-order valence-electron chi connectivity index (χ3n) is 2.81. The molecule has 0 aromatic carbocycles. The van der Waals surface area contributed by atoms with Crippen LogP contribution in [-0.4, -0.2) is 43.7 Å². The lowest BCUT2D eigenvalue weighted by Gasteiger charge is -2.22. The Bertz CT molecular complexity index is 227. The van der Waals surface area contributed by atoms with E-state index in [4.69, 9.17) is 5.73 Å². The van der Waals surface area contributed by atoms with E-state index in [1.165, 1.54) is 7.11 Å². The monoisotopic (exact) mass is 244 g/mol. The van der Waals surface area contributed by atoms with Crippen LogP contribution in [0.4, 0.5) is 0 Å². The predicted octanol–water partition coefficient (Wildman–Crippen LogP) is 1.63. The number of unbranched alkanes of at least 4 members (excludes halogenated alkanes) is 1. The summed E-state index contributed by atoms with van der Waals surface area (Å²) in [6.45, 7) is 8.32. The highest BCUT2D eigenvalue weighted by Crippen LogP contribution is 2.12. The van der Waals surface area contributed by atoms with Gasteiger partial charge in [-0.05, 0) is 45.7 Å². The van der Waals surface area contributed by atoms with Gasteiger partial charge in [0, 0.05) is 6.54 Å². The fraction of sp³-hybridized carbons (Fsp3) is 0.923. The van der Waals surface area contributed by atoms with Crippen molar-refractivity contribution < 1.29 is 9.53 Å². The molecule has 17 heavy (non-hydrogen) atoms. The molecule has 0 spiro atoms. The van der Waals surface area contributed by atoms with Crippen LogP contribution in [0.3, 0.4) is 0 Å². The number of carbonyl (C=O) groups excluding carboxylic acids is 1. The molecule has 0 aromatic heterocycles. The number of hydrogen-bond acceptors (Lipinski definition) is 4. The number of methoxy groups -OCH3 is 1. The van der Waals surface area contributed by atoms with Gasteiger partial charge in [-0.1, -0.05) is 13.8 Å². The van der Waals surface area contributed by atoms with Crippen LogP contribution in [0.15, 0.2) is 0 Å². The maximum Gasteiger partial charge on any atom is 0.325 e. The lowest BCUT2D eigenvalue weighted by Crippen LogP contribution is -2.45. The molecule has 0 heterocycles. The van der Waals surface area contributed by atoms with Crippen molar-refractivity contribution in [2.24, 2.45) is 11.7 Å². The Morgan fingerprint density at radius 2 is 2.00 bits per heavy atom. The molecule has 0 aliphatic rings. The summed E-state index contributed by atoms with van der Waals surface area (Å²) in [5.41, 5.74) is 5.04. The standard InChI is InChI=1S/C13H28N2O2/c1-11(2)10-15(4)9-7-6-8-13(3,14)12(16)17-5/h11H,6-10,14H2,1-5H3. The van der Waals surface area contributed by atoms with Crippen molar-refractivity contribution in [2.75, 3.05) is 27.2 Å². The molecule has 1 atom stereocenters. The van der Waals surface area contributed by atoms with E-state index >= 15 is 0 Å². The van der Waals surface area contributed by atoms with Crippen molar-refractivity contribution in [3.05, 3.63) is 0 Å². The van der Waals surface area contributed by atoms with Gasteiger partial charge in [-0.25, -0.2) is 0 Å². The average Bonchev–Trinajstić information content (AvgIpc) is 2.22. The molecule has 0 fully saturated rings. The fourth-order valence-corrected chi connectivity index (χ4v) is 1.92. The van der Waals surface area contributed by atoms with Gasteiger partial charge >= 0.3 is 5.97 Å². The number of nitrogens with zero attached hydrogens (tertiary/aromatic N) is 1. The summed E-state index contributed by atoms with van der Waals surface area (Å²) in [5.74, 6) is 0.364. The maximum absolute atomic E-state index is 11.3. The van der Waals surface area contributed by atoms with Crippen LogP contribution in [0.25, 0.3) is 0 Å². The third kappa shape index (κ3) is 7.34. The summed E-state index contributed by atoms with van der Waals surface area (Å²) in [6.07, 6.45) is 2.69. The van der Waals surface area contributed by atoms with Crippen LogP contribution < -0.4 is 5.73 Å². The van der Waals surface area contributed by atoms with E-state index in [1.807, 2.05) is 0 Å². The number of rotatable bonds is 8. The van der Waals surface area contributed by atoms with Crippen molar-refractivity contribution in [2.45, 2.75) is 45.6 Å². The molecule has 0 rings (SSSR count). The highest BCUT2D eigenvalue weighted by molar-refractivity contribution is 5.79. The molecule has 0 aromatic rings. The molecule has 0 amide bonds. The molecule has 4 heteroatoms. The van der Waals surface area contributed by atoms with Crippen LogP contribution >= 0.6 is 0 Å². The zero-order chi connectivity index (χ0) is 13.5. The van der Waals surface area contributed by atoms with Crippen molar-refractivity contribution in [1.29, 1.82) is 0 Å². The zero-order valence-electron chi connectivity index (χ0n) is 12.0. The number of carbonyl (C=O) groups is 1. The van der Waals surface area contributed by atoms with Crippen molar-refractivity contribution >= 4 is 5.97 Å². The Morgan fingerprint density at radius 1 is 1.41 bits per heavy atom. The molecule has 0 radical (unpaired) electrons. The second-order valence-electron chi connectivity index (χ2n) is 5.52. The van der Waals surface area contributed by atoms with E-state index in [9.17, 15) is 4.79 Å². The minimum absolute atomic E-state index is 0.326. The fourth-order valence-electron chi connectivity index (χ4n) is 1.92. The number of hydrogen-bond donors (Lipinski definition) is 1. The van der Waals surface area contributed by atoms with Gasteiger partial charge < -0.3 is 15.4 Å². The maximum atomic E-state index is 11.3. The van der Waals surface area contributed by atoms with Gasteiger partial charge in [-0.2, -0.15) is 0 Å². The Labute approximate surface area is 105 Å². The predicted molar refractivity (Wildman–Crippen MR) is 70.8 cm³/mol. The largest absolute Gasteiger partial charge is 0.468 e. The second-order valence-corrected chi connectivity index (χ2v) is 5.52. The number of nitrogens with two attached hydrogens (primary N) is 1. The normalized spacial score (nSPS) is 15.1. The second kappa shape index (κ2) is 7.67. The Kier molecular flexibility index (Phi) is 7.39. The summed E-state index contributed by atoms with van der Waals surface area (Å²) in [4.78, 5) is 13.7. The average molecular weight is 244 g/mol. The lowest BCUT2D eigenvalue weighted by molar-refractivity contribution is -0.146. The highest BCUT2D eigenvalue weighted by atomic mass is 16.5. The summed E-state index contributed by atoms with van der Waals surface area (Å²) < 4.78 is 4.67. The molecular weight excluding hydrogens is 216 g/mol. The molecule has 4 nitrogen and oxygen atoms in total. The zero-order valence-corrected chi connectivity index (χ0v) is 12.0. The topological polar surface area (TPSA) is 55.6 Å². The van der Waals surface area contributed by atoms with Crippen LogP contribution in [0, 0.1) is 5.92 Å². The highest BCUT2D eigenvalue weighted by Gasteiger charge is 2.28. The van der Waals surface area contributed by atoms with Gasteiger partial charge in [0.2, 0.25) is 0 Å². The van der Waals surface area contributed by atoms with Crippen LogP contribution in [0.2, 0.25) is 0 Å². The van der Waals surface area contributed by atoms with E-state index < -0.39 is 5.54 Å². The SMILES string of the molecule is COC(=O)C(C)(N)CCCCN(C)CC(C)C. The molecule has 0 saturated heterocycles. The first-order valence-electron chi connectivity index (χ1n) is 6.35. The van der Waals surface area contributed by atoms with Crippen LogP contribution in [0.1, 0.15) is 40.0 Å². The number of esters is 1. The summed E-state index contributed by atoms with van der Waals surface area (Å²) in [7, 11) is 3.51. The van der Waals surface area contributed by atoms with Gasteiger partial charge in [0.15, 0.2) is 0 Å². The molecule has 0 saturated carbocycles. The van der Waals surface area contributed by atoms with E-state index in [-0.39, 0.29) is 5.97 Å². The Morgan fingerprint density at radius 3 is 2.47 bits per heavy atom. The molecule has 1 unspecified atom stereocenters. The molecule has 0 aliphatic carbocycles. The molecule has 0 bridgehead atoms. The lowest BCUT2D eigenvalue weighted by atomic mass is 9.96. The van der Waals surface area contributed by atoms with Crippen LogP contribution in [0.5, 0.6) is 0 Å². The summed E-state index contributed by atoms with van der Waals surface area (Å²) in [6, 6.07) is 0. The van der Waals surface area contributed by atoms with Gasteiger partial charge in [-0.15, -0.1) is 0 Å². The van der Waals surface area contributed by atoms with Gasteiger partial charge in [0.05, 0.1) is 7.11 Å². The summed E-state index contributed by atoms with van der Waals surface area (Å²) in [5, 5.41) is 0. The van der Waals surface area contributed by atoms with E-state index in [2.05, 4.69) is 30.5 Å².